The highest BCUT2D eigenvalue weighted by atomic mass is 19.3. The Morgan fingerprint density at radius 1 is 1.70 bits per heavy atom. The highest BCUT2D eigenvalue weighted by Crippen LogP contribution is 1.96. The third-order valence-corrected chi connectivity index (χ3v) is 1.03. The predicted octanol–water partition coefficient (Wildman–Crippen LogP) is -0.331. The number of likely N-dealkylation sites (N-methyl/N-ethyl adjacent to an activating group) is 1. The molecule has 5 heteroatoms. The van der Waals surface area contributed by atoms with E-state index in [0.29, 0.717) is 0 Å². The fourth-order valence-corrected chi connectivity index (χ4v) is 0.470. The van der Waals surface area contributed by atoms with Gasteiger partial charge in [0.15, 0.2) is 0 Å². The van der Waals surface area contributed by atoms with Crippen molar-refractivity contribution in [1.29, 1.82) is 0 Å². The van der Waals surface area contributed by atoms with Crippen LogP contribution in [0.5, 0.6) is 0 Å². The molecule has 0 spiro atoms. The van der Waals surface area contributed by atoms with Crippen molar-refractivity contribution in [3.05, 3.63) is 0 Å². The van der Waals surface area contributed by atoms with Crippen molar-refractivity contribution in [3.63, 3.8) is 0 Å². The molecule has 0 fully saturated rings. The van der Waals surface area contributed by atoms with Crippen LogP contribution in [0.3, 0.4) is 0 Å². The number of hydrogen-bond donors (Lipinski definition) is 1. The molecule has 0 bridgehead atoms. The molecule has 0 atom stereocenters. The van der Waals surface area contributed by atoms with E-state index in [0.717, 1.165) is 4.90 Å². The first kappa shape index (κ1) is 9.29. The van der Waals surface area contributed by atoms with E-state index in [1.54, 1.807) is 0 Å². The van der Waals surface area contributed by atoms with Gasteiger partial charge in [-0.3, -0.25) is 4.79 Å². The number of rotatable bonds is 3. The number of hydrogen-bond acceptors (Lipinski definition) is 2. The first-order valence-corrected chi connectivity index (χ1v) is 2.82. The molecule has 10 heavy (non-hydrogen) atoms. The van der Waals surface area contributed by atoms with Gasteiger partial charge < -0.3 is 10.6 Å². The molecule has 0 aliphatic carbocycles. The van der Waals surface area contributed by atoms with Gasteiger partial charge in [-0.25, -0.2) is 0 Å². The molecular weight excluding hydrogens is 142 g/mol. The molecule has 0 aromatic carbocycles. The minimum Gasteiger partial charge on any atom is -0.340 e. The Morgan fingerprint density at radius 2 is 2.20 bits per heavy atom. The maximum Gasteiger partial charge on any atom is 0.315 e. The smallest absolute Gasteiger partial charge is 0.315 e. The first-order valence-electron chi connectivity index (χ1n) is 2.82. The van der Waals surface area contributed by atoms with Crippen LogP contribution in [0.1, 0.15) is 0 Å². The Balaban J connectivity index is 3.71. The summed E-state index contributed by atoms with van der Waals surface area (Å²) in [6.45, 7) is 0.373. The number of amides is 1. The van der Waals surface area contributed by atoms with Gasteiger partial charge in [-0.15, -0.1) is 0 Å². The largest absolute Gasteiger partial charge is 0.340 e. The monoisotopic (exact) mass is 152 g/mol. The normalized spacial score (nSPS) is 10.1. The van der Waals surface area contributed by atoms with E-state index in [1.165, 1.54) is 7.05 Å². The van der Waals surface area contributed by atoms with Gasteiger partial charge in [0.2, 0.25) is 0 Å². The third kappa shape index (κ3) is 2.72. The number of nitrogens with two attached hydrogens (primary N) is 1. The van der Waals surface area contributed by atoms with Gasteiger partial charge in [-0.2, -0.15) is 8.78 Å². The second-order valence-electron chi connectivity index (χ2n) is 1.85. The van der Waals surface area contributed by atoms with Crippen molar-refractivity contribution in [1.82, 2.24) is 4.90 Å². The molecule has 3 nitrogen and oxygen atoms in total. The van der Waals surface area contributed by atoms with Crippen LogP contribution in [-0.4, -0.2) is 37.4 Å². The molecule has 0 rings (SSSR count). The molecule has 0 unspecified atom stereocenters. The summed E-state index contributed by atoms with van der Waals surface area (Å²) in [5.41, 5.74) is 5.03. The molecule has 0 aliphatic rings. The van der Waals surface area contributed by atoms with Crippen LogP contribution in [0.2, 0.25) is 0 Å². The number of nitrogens with zero attached hydrogens (tertiary/aromatic N) is 1. The van der Waals surface area contributed by atoms with Gasteiger partial charge in [0.05, 0.1) is 0 Å². The van der Waals surface area contributed by atoms with Crippen LogP contribution in [0.25, 0.3) is 0 Å². The second-order valence-corrected chi connectivity index (χ2v) is 1.85. The van der Waals surface area contributed by atoms with E-state index >= 15 is 0 Å². The Bertz CT molecular complexity index is 118. The lowest BCUT2D eigenvalue weighted by Crippen LogP contribution is -2.35. The lowest BCUT2D eigenvalue weighted by Gasteiger charge is -2.14. The van der Waals surface area contributed by atoms with Gasteiger partial charge in [0, 0.05) is 20.1 Å². The van der Waals surface area contributed by atoms with E-state index in [9.17, 15) is 13.6 Å². The standard InChI is InChI=1S/C5H10F2N2O/c1-9(3-2-8)5(10)4(6)7/h4H,2-3,8H2,1H3. The number of carbonyl (C=O) groups is 1. The Labute approximate surface area is 57.8 Å². The highest BCUT2D eigenvalue weighted by Gasteiger charge is 2.18. The van der Waals surface area contributed by atoms with Crippen LogP contribution < -0.4 is 5.73 Å². The van der Waals surface area contributed by atoms with Crippen LogP contribution in [0.15, 0.2) is 0 Å². The van der Waals surface area contributed by atoms with Crippen molar-refractivity contribution >= 4 is 5.91 Å². The molecule has 0 radical (unpaired) electrons. The first-order chi connectivity index (χ1) is 4.59. The van der Waals surface area contributed by atoms with Crippen molar-refractivity contribution in [2.75, 3.05) is 20.1 Å². The van der Waals surface area contributed by atoms with Gasteiger partial charge in [0.1, 0.15) is 0 Å². The van der Waals surface area contributed by atoms with Crippen LogP contribution in [0.4, 0.5) is 8.78 Å². The zero-order chi connectivity index (χ0) is 8.15. The summed E-state index contributed by atoms with van der Waals surface area (Å²) in [5, 5.41) is 0. The summed E-state index contributed by atoms with van der Waals surface area (Å²) in [7, 11) is 1.29. The molecule has 0 saturated heterocycles. The van der Waals surface area contributed by atoms with Gasteiger partial charge in [-0.05, 0) is 0 Å². The molecule has 0 aromatic heterocycles. The van der Waals surface area contributed by atoms with Crippen molar-refractivity contribution in [2.24, 2.45) is 5.73 Å². The van der Waals surface area contributed by atoms with Crippen molar-refractivity contribution in [3.8, 4) is 0 Å². The second kappa shape index (κ2) is 4.16. The topological polar surface area (TPSA) is 46.3 Å². The summed E-state index contributed by atoms with van der Waals surface area (Å²) in [4.78, 5) is 11.3. The van der Waals surface area contributed by atoms with Crippen LogP contribution in [0, 0.1) is 0 Å². The summed E-state index contributed by atoms with van der Waals surface area (Å²) < 4.78 is 23.1. The van der Waals surface area contributed by atoms with Crippen LogP contribution >= 0.6 is 0 Å². The van der Waals surface area contributed by atoms with Gasteiger partial charge >= 0.3 is 6.43 Å². The summed E-state index contributed by atoms with van der Waals surface area (Å²) in [6, 6.07) is 0. The number of alkyl halides is 2. The van der Waals surface area contributed by atoms with E-state index < -0.39 is 12.3 Å². The highest BCUT2D eigenvalue weighted by molar-refractivity contribution is 5.78. The van der Waals surface area contributed by atoms with E-state index in [2.05, 4.69) is 0 Å². The number of carbonyl (C=O) groups excluding carboxylic acids is 1. The van der Waals surface area contributed by atoms with Crippen molar-refractivity contribution < 1.29 is 13.6 Å². The quantitative estimate of drug-likeness (QED) is 0.601. The van der Waals surface area contributed by atoms with Crippen molar-refractivity contribution in [2.45, 2.75) is 6.43 Å². The molecule has 0 aliphatic heterocycles. The Hall–Kier alpha value is -0.710. The maximum atomic E-state index is 11.6. The minimum atomic E-state index is -2.92. The Morgan fingerprint density at radius 3 is 2.50 bits per heavy atom. The molecule has 0 heterocycles. The fraction of sp³-hybridized carbons (Fsp3) is 0.800. The van der Waals surface area contributed by atoms with E-state index in [4.69, 9.17) is 5.73 Å². The summed E-state index contributed by atoms with van der Waals surface area (Å²) in [6.07, 6.45) is -2.92. The molecule has 2 N–H and O–H groups in total. The number of halogens is 2. The van der Waals surface area contributed by atoms with Crippen LogP contribution in [-0.2, 0) is 4.79 Å². The maximum absolute atomic E-state index is 11.6. The average molecular weight is 152 g/mol. The third-order valence-electron chi connectivity index (χ3n) is 1.03. The fourth-order valence-electron chi connectivity index (χ4n) is 0.470. The average Bonchev–Trinajstić information content (AvgIpc) is 1.87. The minimum absolute atomic E-state index is 0.170. The molecular formula is C5H10F2N2O. The van der Waals surface area contributed by atoms with E-state index in [-0.39, 0.29) is 13.1 Å². The lowest BCUT2D eigenvalue weighted by atomic mass is 10.5. The molecule has 60 valence electrons. The SMILES string of the molecule is CN(CCN)C(=O)C(F)F. The zero-order valence-corrected chi connectivity index (χ0v) is 5.68. The molecule has 0 saturated carbocycles. The molecule has 1 amide bonds. The predicted molar refractivity (Wildman–Crippen MR) is 32.7 cm³/mol. The van der Waals surface area contributed by atoms with Gasteiger partial charge in [-0.1, -0.05) is 0 Å². The Kier molecular flexibility index (Phi) is 3.87. The lowest BCUT2D eigenvalue weighted by molar-refractivity contribution is -0.141. The zero-order valence-electron chi connectivity index (χ0n) is 5.68. The van der Waals surface area contributed by atoms with E-state index in [1.807, 2.05) is 0 Å². The summed E-state index contributed by atoms with van der Waals surface area (Å²) in [5.74, 6) is -1.18. The summed E-state index contributed by atoms with van der Waals surface area (Å²) >= 11 is 0. The van der Waals surface area contributed by atoms with Gasteiger partial charge in [0.25, 0.3) is 5.91 Å². The molecule has 0 aromatic rings.